The van der Waals surface area contributed by atoms with Crippen molar-refractivity contribution in [3.8, 4) is 0 Å². The van der Waals surface area contributed by atoms with Crippen LogP contribution in [0.3, 0.4) is 0 Å². The lowest BCUT2D eigenvalue weighted by atomic mass is 10.5. The first-order valence-corrected chi connectivity index (χ1v) is 4.29. The highest BCUT2D eigenvalue weighted by Gasteiger charge is 2.33. The summed E-state index contributed by atoms with van der Waals surface area (Å²) in [7, 11) is 0. The van der Waals surface area contributed by atoms with Crippen molar-refractivity contribution >= 4 is 0 Å². The summed E-state index contributed by atoms with van der Waals surface area (Å²) in [5.74, 6) is 0. The average molecular weight is 154 g/mol. The summed E-state index contributed by atoms with van der Waals surface area (Å²) in [4.78, 5) is 10.0. The van der Waals surface area contributed by atoms with E-state index >= 15 is 0 Å². The summed E-state index contributed by atoms with van der Waals surface area (Å²) in [5.41, 5.74) is 0. The van der Waals surface area contributed by atoms with Gasteiger partial charge in [-0.1, -0.05) is 0 Å². The molecule has 0 aromatic rings. The summed E-state index contributed by atoms with van der Waals surface area (Å²) in [5, 5.41) is 0. The molecule has 0 unspecified atom stereocenters. The van der Waals surface area contributed by atoms with E-state index in [1.807, 2.05) is 0 Å². The summed E-state index contributed by atoms with van der Waals surface area (Å²) in [6.07, 6.45) is 0. The molecule has 0 aliphatic carbocycles. The highest BCUT2D eigenvalue weighted by atomic mass is 15.6. The number of rotatable bonds is 0. The lowest BCUT2D eigenvalue weighted by Gasteiger charge is -2.45. The fraction of sp³-hybridized carbons (Fsp3) is 1.00. The van der Waals surface area contributed by atoms with Crippen LogP contribution < -0.4 is 0 Å². The number of fused-ring (bicyclic) bond motifs is 1. The Kier molecular flexibility index (Phi) is 1.25. The van der Waals surface area contributed by atoms with Crippen molar-refractivity contribution in [2.24, 2.45) is 0 Å². The molecule has 0 aromatic heterocycles. The van der Waals surface area contributed by atoms with Gasteiger partial charge in [-0.2, -0.15) is 0 Å². The Hall–Kier alpha value is -0.160. The van der Waals surface area contributed by atoms with Gasteiger partial charge in [0.15, 0.2) is 0 Å². The molecule has 4 bridgehead atoms. The van der Waals surface area contributed by atoms with Crippen molar-refractivity contribution in [2.75, 3.05) is 46.4 Å². The first-order chi connectivity index (χ1) is 5.40. The molecule has 11 heavy (non-hydrogen) atoms. The van der Waals surface area contributed by atoms with Crippen molar-refractivity contribution in [2.45, 2.75) is 0 Å². The maximum atomic E-state index is 2.52. The van der Waals surface area contributed by atoms with Crippen molar-refractivity contribution in [1.82, 2.24) is 19.6 Å². The van der Waals surface area contributed by atoms with Gasteiger partial charge in [-0.05, 0) is 0 Å². The Bertz CT molecular complexity index is 138. The molecule has 4 fully saturated rings. The first-order valence-electron chi connectivity index (χ1n) is 4.29. The molecule has 0 saturated carbocycles. The molecule has 0 spiro atoms. The molecule has 4 aliphatic heterocycles. The summed E-state index contributed by atoms with van der Waals surface area (Å²) in [6, 6.07) is 0. The number of hydrogen-bond donors (Lipinski definition) is 0. The van der Waals surface area contributed by atoms with E-state index in [4.69, 9.17) is 0 Å². The molecule has 0 aromatic carbocycles. The molecule has 4 heterocycles. The Morgan fingerprint density at radius 1 is 0.455 bits per heavy atom. The largest absolute Gasteiger partial charge is 0.276 e. The summed E-state index contributed by atoms with van der Waals surface area (Å²) >= 11 is 0. The molecule has 0 radical (unpaired) electrons. The van der Waals surface area contributed by atoms with Gasteiger partial charge in [0.1, 0.15) is 0 Å². The van der Waals surface area contributed by atoms with Gasteiger partial charge in [0.25, 0.3) is 0 Å². The zero-order valence-electron chi connectivity index (χ0n) is 6.74. The van der Waals surface area contributed by atoms with E-state index in [-0.39, 0.29) is 0 Å². The monoisotopic (exact) mass is 154 g/mol. The summed E-state index contributed by atoms with van der Waals surface area (Å²) in [6.45, 7) is 8.45. The quantitative estimate of drug-likeness (QED) is 0.445. The van der Waals surface area contributed by atoms with Crippen molar-refractivity contribution in [1.29, 1.82) is 0 Å². The van der Waals surface area contributed by atoms with Gasteiger partial charge in [-0.15, -0.1) is 0 Å². The molecule has 0 atom stereocenters. The molecule has 0 N–H and O–H groups in total. The Labute approximate surface area is 67.0 Å². The van der Waals surface area contributed by atoms with Gasteiger partial charge >= 0.3 is 0 Å². The van der Waals surface area contributed by atoms with Crippen LogP contribution in [-0.4, -0.2) is 66.0 Å². The SMILES string of the molecule is C1CN2CN3CN1CN(C2)C3. The first kappa shape index (κ1) is 6.37. The predicted molar refractivity (Wildman–Crippen MR) is 41.4 cm³/mol. The van der Waals surface area contributed by atoms with Gasteiger partial charge < -0.3 is 0 Å². The molecule has 4 nitrogen and oxygen atoms in total. The van der Waals surface area contributed by atoms with E-state index < -0.39 is 0 Å². The van der Waals surface area contributed by atoms with Gasteiger partial charge in [0, 0.05) is 13.1 Å². The van der Waals surface area contributed by atoms with Crippen LogP contribution in [-0.2, 0) is 0 Å². The minimum Gasteiger partial charge on any atom is -0.276 e. The third kappa shape index (κ3) is 0.980. The minimum absolute atomic E-state index is 1.19. The highest BCUT2D eigenvalue weighted by molar-refractivity contribution is 4.79. The van der Waals surface area contributed by atoms with Gasteiger partial charge in [-0.3, -0.25) is 19.6 Å². The van der Waals surface area contributed by atoms with Crippen molar-refractivity contribution in [3.63, 3.8) is 0 Å². The number of hydrogen-bond acceptors (Lipinski definition) is 4. The van der Waals surface area contributed by atoms with E-state index in [2.05, 4.69) is 19.6 Å². The third-order valence-electron chi connectivity index (χ3n) is 2.73. The molecule has 4 heteroatoms. The fourth-order valence-corrected chi connectivity index (χ4v) is 2.34. The molecule has 4 saturated heterocycles. The Balaban J connectivity index is 1.90. The normalized spacial score (nSPS) is 54.5. The van der Waals surface area contributed by atoms with E-state index in [1.165, 1.54) is 46.4 Å². The lowest BCUT2D eigenvalue weighted by molar-refractivity contribution is -0.0851. The van der Waals surface area contributed by atoms with Crippen LogP contribution >= 0.6 is 0 Å². The van der Waals surface area contributed by atoms with Crippen LogP contribution in [0.1, 0.15) is 0 Å². The zero-order valence-corrected chi connectivity index (χ0v) is 6.74. The van der Waals surface area contributed by atoms with Crippen LogP contribution in [0.4, 0.5) is 0 Å². The smallest absolute Gasteiger partial charge is 0.0555 e. The molecular weight excluding hydrogens is 140 g/mol. The Morgan fingerprint density at radius 2 is 0.818 bits per heavy atom. The van der Waals surface area contributed by atoms with E-state index in [0.29, 0.717) is 0 Å². The van der Waals surface area contributed by atoms with Gasteiger partial charge in [0.05, 0.1) is 33.3 Å². The average Bonchev–Trinajstić information content (AvgIpc) is 2.18. The van der Waals surface area contributed by atoms with Crippen LogP contribution in [0.5, 0.6) is 0 Å². The molecule has 0 amide bonds. The van der Waals surface area contributed by atoms with Crippen LogP contribution in [0.15, 0.2) is 0 Å². The standard InChI is InChI=1S/C7H14N4/c1-2-9-5-10-3-8(1)4-11(6-9)7-10/h1-7H2. The molecule has 4 aliphatic rings. The highest BCUT2D eigenvalue weighted by Crippen LogP contribution is 2.17. The van der Waals surface area contributed by atoms with Gasteiger partial charge in [0.2, 0.25) is 0 Å². The number of nitrogens with zero attached hydrogens (tertiary/aromatic N) is 4. The van der Waals surface area contributed by atoms with Crippen LogP contribution in [0, 0.1) is 0 Å². The van der Waals surface area contributed by atoms with Crippen LogP contribution in [0.25, 0.3) is 0 Å². The maximum absolute atomic E-state index is 2.52. The second-order valence-electron chi connectivity index (χ2n) is 3.84. The second kappa shape index (κ2) is 2.17. The van der Waals surface area contributed by atoms with Gasteiger partial charge in [-0.25, -0.2) is 0 Å². The van der Waals surface area contributed by atoms with Crippen molar-refractivity contribution in [3.05, 3.63) is 0 Å². The van der Waals surface area contributed by atoms with E-state index in [1.54, 1.807) is 0 Å². The topological polar surface area (TPSA) is 13.0 Å². The maximum Gasteiger partial charge on any atom is 0.0555 e. The van der Waals surface area contributed by atoms with Crippen molar-refractivity contribution < 1.29 is 0 Å². The summed E-state index contributed by atoms with van der Waals surface area (Å²) < 4.78 is 0. The minimum atomic E-state index is 1.19. The predicted octanol–water partition coefficient (Wildman–Crippen LogP) is -0.977. The second-order valence-corrected chi connectivity index (χ2v) is 3.84. The van der Waals surface area contributed by atoms with E-state index in [9.17, 15) is 0 Å². The molecular formula is C7H14N4. The Morgan fingerprint density at radius 3 is 1.27 bits per heavy atom. The molecule has 4 rings (SSSR count). The van der Waals surface area contributed by atoms with E-state index in [0.717, 1.165) is 0 Å². The lowest BCUT2D eigenvalue weighted by Crippen LogP contribution is -2.60. The van der Waals surface area contributed by atoms with Crippen LogP contribution in [0.2, 0.25) is 0 Å². The molecule has 62 valence electrons. The fourth-order valence-electron chi connectivity index (χ4n) is 2.34. The zero-order chi connectivity index (χ0) is 7.26. The third-order valence-corrected chi connectivity index (χ3v) is 2.73.